The van der Waals surface area contributed by atoms with E-state index < -0.39 is 5.82 Å². The van der Waals surface area contributed by atoms with Crippen molar-refractivity contribution in [3.8, 4) is 17.2 Å². The maximum atomic E-state index is 14.1. The van der Waals surface area contributed by atoms with Gasteiger partial charge < -0.3 is 19.9 Å². The van der Waals surface area contributed by atoms with Crippen molar-refractivity contribution in [2.24, 2.45) is 0 Å². The van der Waals surface area contributed by atoms with Gasteiger partial charge in [0.05, 0.1) is 25.4 Å². The lowest BCUT2D eigenvalue weighted by atomic mass is 10.1. The van der Waals surface area contributed by atoms with E-state index in [1.807, 2.05) is 0 Å². The van der Waals surface area contributed by atoms with Crippen molar-refractivity contribution < 1.29 is 19.0 Å². The number of nitrogens with zero attached hydrogens (tertiary/aromatic N) is 2. The van der Waals surface area contributed by atoms with Gasteiger partial charge in [-0.05, 0) is 24.6 Å². The first-order valence-electron chi connectivity index (χ1n) is 7.16. The molecule has 1 heterocycles. The summed E-state index contributed by atoms with van der Waals surface area (Å²) in [6.45, 7) is 1.62. The van der Waals surface area contributed by atoms with Crippen LogP contribution in [0.1, 0.15) is 5.56 Å². The third-order valence-electron chi connectivity index (χ3n) is 3.68. The Morgan fingerprint density at radius 2 is 1.72 bits per heavy atom. The molecule has 6 nitrogen and oxygen atoms in total. The Bertz CT molecular complexity index is 921. The van der Waals surface area contributed by atoms with Crippen LogP contribution < -0.4 is 14.8 Å². The molecule has 2 aromatic carbocycles. The molecule has 0 bridgehead atoms. The largest absolute Gasteiger partial charge is 0.508 e. The minimum atomic E-state index is -0.488. The van der Waals surface area contributed by atoms with Gasteiger partial charge in [0.2, 0.25) is 0 Å². The highest BCUT2D eigenvalue weighted by Crippen LogP contribution is 2.35. The van der Waals surface area contributed by atoms with E-state index in [0.29, 0.717) is 33.8 Å². The number of halogens is 2. The zero-order valence-corrected chi connectivity index (χ0v) is 14.6. The Hall–Kier alpha value is -2.80. The van der Waals surface area contributed by atoms with Crippen molar-refractivity contribution in [2.45, 2.75) is 6.92 Å². The summed E-state index contributed by atoms with van der Waals surface area (Å²) in [6.07, 6.45) is 1.36. The number of phenolic OH excluding ortho intramolecular Hbond substituents is 1. The number of anilines is 2. The fraction of sp³-hybridized carbons (Fsp3) is 0.176. The lowest BCUT2D eigenvalue weighted by Gasteiger charge is -2.13. The number of fused-ring (bicyclic) bond motifs is 1. The molecule has 0 saturated heterocycles. The first-order chi connectivity index (χ1) is 11.5. The van der Waals surface area contributed by atoms with Crippen LogP contribution in [0.4, 0.5) is 15.9 Å². The van der Waals surface area contributed by atoms with Crippen LogP contribution in [0.3, 0.4) is 0 Å². The fourth-order valence-corrected chi connectivity index (χ4v) is 2.37. The van der Waals surface area contributed by atoms with Crippen molar-refractivity contribution in [1.82, 2.24) is 9.97 Å². The molecule has 0 saturated carbocycles. The molecule has 0 atom stereocenters. The number of hydrogen-bond donors (Lipinski definition) is 2. The SMILES string of the molecule is COc1cc2ncnc(Nc3cc(O)c(C)cc3F)c2cc1OC.Cl. The Morgan fingerprint density at radius 1 is 1.04 bits per heavy atom. The van der Waals surface area contributed by atoms with E-state index >= 15 is 0 Å². The van der Waals surface area contributed by atoms with E-state index in [2.05, 4.69) is 15.3 Å². The number of aryl methyl sites for hydroxylation is 1. The highest BCUT2D eigenvalue weighted by atomic mass is 35.5. The zero-order chi connectivity index (χ0) is 17.3. The second kappa shape index (κ2) is 7.40. The van der Waals surface area contributed by atoms with Crippen molar-refractivity contribution >= 4 is 34.8 Å². The molecule has 2 N–H and O–H groups in total. The van der Waals surface area contributed by atoms with Gasteiger partial charge in [-0.15, -0.1) is 12.4 Å². The maximum absolute atomic E-state index is 14.1. The fourth-order valence-electron chi connectivity index (χ4n) is 2.37. The number of rotatable bonds is 4. The van der Waals surface area contributed by atoms with Gasteiger partial charge in [-0.1, -0.05) is 0 Å². The number of ether oxygens (including phenoxy) is 2. The molecule has 132 valence electrons. The van der Waals surface area contributed by atoms with Gasteiger partial charge in [-0.3, -0.25) is 0 Å². The van der Waals surface area contributed by atoms with Gasteiger partial charge in [0.15, 0.2) is 11.5 Å². The van der Waals surface area contributed by atoms with E-state index in [9.17, 15) is 9.50 Å². The monoisotopic (exact) mass is 365 g/mol. The average Bonchev–Trinajstić information content (AvgIpc) is 2.58. The molecule has 0 unspecified atom stereocenters. The zero-order valence-electron chi connectivity index (χ0n) is 13.8. The standard InChI is InChI=1S/C17H16FN3O3.ClH/c1-9-4-11(18)13(6-14(9)22)21-17-10-5-15(23-2)16(24-3)7-12(10)19-8-20-17;/h4-8,22H,1-3H3,(H,19,20,21);1H. The molecule has 0 aliphatic heterocycles. The Kier molecular flexibility index (Phi) is 5.48. The van der Waals surface area contributed by atoms with Crippen LogP contribution in [0.25, 0.3) is 10.9 Å². The molecule has 0 fully saturated rings. The van der Waals surface area contributed by atoms with Crippen molar-refractivity contribution in [3.63, 3.8) is 0 Å². The summed E-state index contributed by atoms with van der Waals surface area (Å²) in [6, 6.07) is 6.00. The van der Waals surface area contributed by atoms with E-state index in [-0.39, 0.29) is 23.8 Å². The van der Waals surface area contributed by atoms with E-state index in [1.54, 1.807) is 19.1 Å². The molecule has 3 rings (SSSR count). The Balaban J connectivity index is 0.00000225. The minimum absolute atomic E-state index is 0. The number of methoxy groups -OCH3 is 2. The van der Waals surface area contributed by atoms with Crippen LogP contribution >= 0.6 is 12.4 Å². The lowest BCUT2D eigenvalue weighted by molar-refractivity contribution is 0.356. The van der Waals surface area contributed by atoms with E-state index in [1.165, 1.54) is 32.7 Å². The number of hydrogen-bond acceptors (Lipinski definition) is 6. The van der Waals surface area contributed by atoms with Crippen molar-refractivity contribution in [2.75, 3.05) is 19.5 Å². The van der Waals surface area contributed by atoms with Gasteiger partial charge in [-0.25, -0.2) is 14.4 Å². The first kappa shape index (κ1) is 18.5. The molecular weight excluding hydrogens is 349 g/mol. The molecule has 0 aliphatic carbocycles. The molecule has 0 aliphatic rings. The second-order valence-corrected chi connectivity index (χ2v) is 5.19. The highest BCUT2D eigenvalue weighted by molar-refractivity contribution is 5.93. The minimum Gasteiger partial charge on any atom is -0.508 e. The van der Waals surface area contributed by atoms with Crippen LogP contribution in [0.15, 0.2) is 30.6 Å². The summed E-state index contributed by atoms with van der Waals surface area (Å²) in [4.78, 5) is 8.35. The van der Waals surface area contributed by atoms with E-state index in [4.69, 9.17) is 9.47 Å². The van der Waals surface area contributed by atoms with Crippen LogP contribution in [0, 0.1) is 12.7 Å². The van der Waals surface area contributed by atoms with Gasteiger partial charge in [0.1, 0.15) is 23.7 Å². The van der Waals surface area contributed by atoms with Gasteiger partial charge in [-0.2, -0.15) is 0 Å². The summed E-state index contributed by atoms with van der Waals surface area (Å²) >= 11 is 0. The molecule has 0 amide bonds. The smallest absolute Gasteiger partial charge is 0.162 e. The maximum Gasteiger partial charge on any atom is 0.162 e. The van der Waals surface area contributed by atoms with Gasteiger partial charge >= 0.3 is 0 Å². The summed E-state index contributed by atoms with van der Waals surface area (Å²) in [5.74, 6) is 0.945. The van der Waals surface area contributed by atoms with Crippen LogP contribution in [0.5, 0.6) is 17.2 Å². The summed E-state index contributed by atoms with van der Waals surface area (Å²) in [5, 5.41) is 13.3. The van der Waals surface area contributed by atoms with Crippen LogP contribution in [-0.4, -0.2) is 29.3 Å². The third-order valence-corrected chi connectivity index (χ3v) is 3.68. The molecule has 3 aromatic rings. The average molecular weight is 366 g/mol. The lowest BCUT2D eigenvalue weighted by Crippen LogP contribution is -2.00. The molecular formula is C17H17ClFN3O3. The first-order valence-corrected chi connectivity index (χ1v) is 7.16. The topological polar surface area (TPSA) is 76.5 Å². The van der Waals surface area contributed by atoms with E-state index in [0.717, 1.165) is 0 Å². The number of benzene rings is 2. The quantitative estimate of drug-likeness (QED) is 0.728. The number of aromatic hydroxyl groups is 1. The van der Waals surface area contributed by atoms with Crippen molar-refractivity contribution in [3.05, 3.63) is 42.0 Å². The predicted octanol–water partition coefficient (Wildman–Crippen LogP) is 3.97. The number of nitrogens with one attached hydrogen (secondary N) is 1. The Labute approximate surface area is 150 Å². The number of aromatic nitrogens is 2. The third kappa shape index (κ3) is 3.51. The second-order valence-electron chi connectivity index (χ2n) is 5.19. The summed E-state index contributed by atoms with van der Waals surface area (Å²) < 4.78 is 24.7. The molecule has 25 heavy (non-hydrogen) atoms. The summed E-state index contributed by atoms with van der Waals surface area (Å²) in [7, 11) is 3.06. The van der Waals surface area contributed by atoms with Gasteiger partial charge in [0.25, 0.3) is 0 Å². The van der Waals surface area contributed by atoms with Gasteiger partial charge in [0, 0.05) is 17.5 Å². The predicted molar refractivity (Wildman–Crippen MR) is 96.0 cm³/mol. The molecule has 1 aromatic heterocycles. The molecule has 0 spiro atoms. The highest BCUT2D eigenvalue weighted by Gasteiger charge is 2.13. The molecule has 0 radical (unpaired) electrons. The Morgan fingerprint density at radius 3 is 2.40 bits per heavy atom. The normalized spacial score (nSPS) is 10.2. The van der Waals surface area contributed by atoms with Crippen LogP contribution in [-0.2, 0) is 0 Å². The van der Waals surface area contributed by atoms with Crippen LogP contribution in [0.2, 0.25) is 0 Å². The molecule has 8 heteroatoms. The summed E-state index contributed by atoms with van der Waals surface area (Å²) in [5.41, 5.74) is 1.19. The van der Waals surface area contributed by atoms with Crippen molar-refractivity contribution in [1.29, 1.82) is 0 Å². The number of phenols is 1.